The highest BCUT2D eigenvalue weighted by Crippen LogP contribution is 2.24. The van der Waals surface area contributed by atoms with E-state index in [4.69, 9.17) is 4.98 Å². The van der Waals surface area contributed by atoms with E-state index < -0.39 is 0 Å². The van der Waals surface area contributed by atoms with Crippen molar-refractivity contribution in [2.24, 2.45) is 0 Å². The number of hydrogen-bond acceptors (Lipinski definition) is 5. The summed E-state index contributed by atoms with van der Waals surface area (Å²) in [5.74, 6) is 0.873. The Bertz CT molecular complexity index is 1030. The molecule has 0 aliphatic carbocycles. The van der Waals surface area contributed by atoms with Gasteiger partial charge in [0.1, 0.15) is 5.82 Å². The lowest BCUT2D eigenvalue weighted by atomic mass is 10.3. The van der Waals surface area contributed by atoms with Gasteiger partial charge in [-0.15, -0.1) is 11.3 Å². The Kier molecular flexibility index (Phi) is 4.09. The van der Waals surface area contributed by atoms with E-state index in [2.05, 4.69) is 31.9 Å². The van der Waals surface area contributed by atoms with E-state index in [1.807, 2.05) is 43.0 Å². The van der Waals surface area contributed by atoms with Gasteiger partial charge in [0, 0.05) is 29.2 Å². The number of hydrogen-bond donors (Lipinski definition) is 0. The molecule has 0 radical (unpaired) electrons. The maximum atomic E-state index is 4.72. The van der Waals surface area contributed by atoms with Crippen LogP contribution in [0.4, 0.5) is 0 Å². The molecular weight excluding hydrogens is 332 g/mol. The fourth-order valence-electron chi connectivity index (χ4n) is 3.03. The highest BCUT2D eigenvalue weighted by molar-refractivity contribution is 7.09. The van der Waals surface area contributed by atoms with E-state index >= 15 is 0 Å². The Morgan fingerprint density at radius 2 is 2.08 bits per heavy atom. The summed E-state index contributed by atoms with van der Waals surface area (Å²) in [4.78, 5) is 13.9. The van der Waals surface area contributed by atoms with Crippen molar-refractivity contribution in [3.05, 3.63) is 52.1 Å². The van der Waals surface area contributed by atoms with E-state index in [-0.39, 0.29) is 0 Å². The Morgan fingerprint density at radius 3 is 2.92 bits per heavy atom. The second-order valence-electron chi connectivity index (χ2n) is 6.19. The molecule has 4 heterocycles. The van der Waals surface area contributed by atoms with Gasteiger partial charge < -0.3 is 4.57 Å². The van der Waals surface area contributed by atoms with Crippen molar-refractivity contribution in [2.75, 3.05) is 0 Å². The van der Waals surface area contributed by atoms with Gasteiger partial charge in [0.15, 0.2) is 5.65 Å². The lowest BCUT2D eigenvalue weighted by molar-refractivity contribution is 0.779. The van der Waals surface area contributed by atoms with E-state index in [0.29, 0.717) is 6.54 Å². The van der Waals surface area contributed by atoms with Crippen molar-refractivity contribution >= 4 is 17.0 Å². The Balaban J connectivity index is 1.72. The van der Waals surface area contributed by atoms with Crippen LogP contribution in [0.1, 0.15) is 35.4 Å². The summed E-state index contributed by atoms with van der Waals surface area (Å²) < 4.78 is 3.98. The summed E-state index contributed by atoms with van der Waals surface area (Å²) in [6.45, 7) is 6.92. The predicted octanol–water partition coefficient (Wildman–Crippen LogP) is 3.67. The maximum absolute atomic E-state index is 4.72. The first kappa shape index (κ1) is 16.0. The molecular formula is C18H20N6S. The van der Waals surface area contributed by atoms with Gasteiger partial charge in [0.05, 0.1) is 29.0 Å². The summed E-state index contributed by atoms with van der Waals surface area (Å²) >= 11 is 1.73. The zero-order valence-corrected chi connectivity index (χ0v) is 15.4. The highest BCUT2D eigenvalue weighted by atomic mass is 32.1. The molecule has 0 aromatic carbocycles. The van der Waals surface area contributed by atoms with Gasteiger partial charge in [0.25, 0.3) is 0 Å². The molecule has 0 spiro atoms. The summed E-state index contributed by atoms with van der Waals surface area (Å²) in [6, 6.07) is 2.03. The van der Waals surface area contributed by atoms with Crippen LogP contribution in [-0.2, 0) is 13.0 Å². The van der Waals surface area contributed by atoms with Crippen molar-refractivity contribution in [1.29, 1.82) is 0 Å². The molecule has 128 valence electrons. The Labute approximate surface area is 150 Å². The molecule has 4 rings (SSSR count). The van der Waals surface area contributed by atoms with Crippen molar-refractivity contribution in [3.8, 4) is 11.4 Å². The SMILES string of the molecule is CCCc1nc(Cn2ccnc2-c2cnn3c(C)cc(C)nc23)cs1. The molecule has 25 heavy (non-hydrogen) atoms. The third-order valence-electron chi connectivity index (χ3n) is 4.13. The van der Waals surface area contributed by atoms with Gasteiger partial charge in [0.2, 0.25) is 0 Å². The summed E-state index contributed by atoms with van der Waals surface area (Å²) in [7, 11) is 0. The number of aromatic nitrogens is 6. The smallest absolute Gasteiger partial charge is 0.166 e. The van der Waals surface area contributed by atoms with Gasteiger partial charge in [-0.2, -0.15) is 5.10 Å². The maximum Gasteiger partial charge on any atom is 0.166 e. The first-order chi connectivity index (χ1) is 12.2. The van der Waals surface area contributed by atoms with Gasteiger partial charge in [-0.05, 0) is 32.8 Å². The minimum absolute atomic E-state index is 0.706. The average Bonchev–Trinajstić information content (AvgIpc) is 3.28. The van der Waals surface area contributed by atoms with Gasteiger partial charge in [-0.1, -0.05) is 6.92 Å². The monoisotopic (exact) mass is 352 g/mol. The average molecular weight is 352 g/mol. The molecule has 0 saturated heterocycles. The number of aryl methyl sites for hydroxylation is 3. The van der Waals surface area contributed by atoms with E-state index in [0.717, 1.165) is 47.0 Å². The van der Waals surface area contributed by atoms with Crippen LogP contribution < -0.4 is 0 Å². The third-order valence-corrected chi connectivity index (χ3v) is 5.09. The predicted molar refractivity (Wildman–Crippen MR) is 98.9 cm³/mol. The lowest BCUT2D eigenvalue weighted by Crippen LogP contribution is -2.03. The molecule has 0 saturated carbocycles. The van der Waals surface area contributed by atoms with Crippen LogP contribution in [0.2, 0.25) is 0 Å². The molecule has 0 amide bonds. The molecule has 0 bridgehead atoms. The van der Waals surface area contributed by atoms with Gasteiger partial charge in [-0.3, -0.25) is 0 Å². The van der Waals surface area contributed by atoms with Crippen LogP contribution in [0, 0.1) is 13.8 Å². The number of nitrogens with zero attached hydrogens (tertiary/aromatic N) is 6. The second-order valence-corrected chi connectivity index (χ2v) is 7.14. The van der Waals surface area contributed by atoms with Gasteiger partial charge in [-0.25, -0.2) is 19.5 Å². The zero-order chi connectivity index (χ0) is 17.4. The molecule has 4 aromatic heterocycles. The minimum atomic E-state index is 0.706. The van der Waals surface area contributed by atoms with Gasteiger partial charge >= 0.3 is 0 Å². The number of fused-ring (bicyclic) bond motifs is 1. The number of imidazole rings is 1. The van der Waals surface area contributed by atoms with E-state index in [1.165, 1.54) is 5.01 Å². The quantitative estimate of drug-likeness (QED) is 0.550. The molecule has 7 heteroatoms. The Morgan fingerprint density at radius 1 is 1.20 bits per heavy atom. The first-order valence-electron chi connectivity index (χ1n) is 8.42. The van der Waals surface area contributed by atoms with Crippen LogP contribution in [0.15, 0.2) is 30.0 Å². The summed E-state index contributed by atoms with van der Waals surface area (Å²) in [6.07, 6.45) is 7.81. The van der Waals surface area contributed by atoms with Crippen LogP contribution in [0.3, 0.4) is 0 Å². The zero-order valence-electron chi connectivity index (χ0n) is 14.6. The largest absolute Gasteiger partial charge is 0.325 e. The molecule has 0 N–H and O–H groups in total. The molecule has 6 nitrogen and oxygen atoms in total. The fourth-order valence-corrected chi connectivity index (χ4v) is 3.93. The second kappa shape index (κ2) is 6.40. The molecule has 0 aliphatic rings. The minimum Gasteiger partial charge on any atom is -0.325 e. The van der Waals surface area contributed by atoms with E-state index in [9.17, 15) is 0 Å². The molecule has 0 atom stereocenters. The fraction of sp³-hybridized carbons (Fsp3) is 0.333. The summed E-state index contributed by atoms with van der Waals surface area (Å²) in [5.41, 5.74) is 4.91. The highest BCUT2D eigenvalue weighted by Gasteiger charge is 2.15. The van der Waals surface area contributed by atoms with E-state index in [1.54, 1.807) is 11.3 Å². The molecule has 0 unspecified atom stereocenters. The lowest BCUT2D eigenvalue weighted by Gasteiger charge is -2.06. The topological polar surface area (TPSA) is 60.9 Å². The van der Waals surface area contributed by atoms with Crippen LogP contribution >= 0.6 is 11.3 Å². The summed E-state index contributed by atoms with van der Waals surface area (Å²) in [5, 5.41) is 7.81. The number of thiazole rings is 1. The molecule has 0 fully saturated rings. The van der Waals surface area contributed by atoms with Crippen molar-refractivity contribution in [1.82, 2.24) is 29.1 Å². The van der Waals surface area contributed by atoms with Crippen molar-refractivity contribution in [3.63, 3.8) is 0 Å². The van der Waals surface area contributed by atoms with Crippen LogP contribution in [0.5, 0.6) is 0 Å². The third kappa shape index (κ3) is 2.95. The first-order valence-corrected chi connectivity index (χ1v) is 9.30. The van der Waals surface area contributed by atoms with Crippen LogP contribution in [-0.4, -0.2) is 29.1 Å². The normalized spacial score (nSPS) is 11.5. The van der Waals surface area contributed by atoms with Crippen molar-refractivity contribution < 1.29 is 0 Å². The molecule has 0 aliphatic heterocycles. The molecule has 4 aromatic rings. The van der Waals surface area contributed by atoms with Crippen LogP contribution in [0.25, 0.3) is 17.0 Å². The van der Waals surface area contributed by atoms with Crippen molar-refractivity contribution in [2.45, 2.75) is 40.2 Å². The number of rotatable bonds is 5. The standard InChI is InChI=1S/C18H20N6S/c1-4-5-16-22-14(11-25-16)10-23-7-6-19-17(23)15-9-20-24-13(3)8-12(2)21-18(15)24/h6-9,11H,4-5,10H2,1-3H3. The Hall–Kier alpha value is -2.54.